The second kappa shape index (κ2) is 10.1. The van der Waals surface area contributed by atoms with Crippen LogP contribution in [0.25, 0.3) is 11.3 Å². The van der Waals surface area contributed by atoms with Gasteiger partial charge >= 0.3 is 0 Å². The zero-order chi connectivity index (χ0) is 26.0. The maximum atomic E-state index is 13.2. The Morgan fingerprint density at radius 3 is 2.19 bits per heavy atom. The number of aromatic nitrogens is 2. The van der Waals surface area contributed by atoms with Gasteiger partial charge in [-0.25, -0.2) is 14.7 Å². The molecule has 2 aromatic carbocycles. The van der Waals surface area contributed by atoms with Crippen molar-refractivity contribution in [3.8, 4) is 22.9 Å². The number of halogens is 1. The number of hydrogen-bond acceptors (Lipinski definition) is 6. The molecule has 0 saturated carbocycles. The van der Waals surface area contributed by atoms with Crippen LogP contribution < -0.4 is 9.46 Å². The Labute approximate surface area is 215 Å². The van der Waals surface area contributed by atoms with Crippen LogP contribution in [-0.2, 0) is 10.0 Å². The number of amides is 1. The fourth-order valence-electron chi connectivity index (χ4n) is 3.79. The Hall–Kier alpha value is -3.75. The average Bonchev–Trinajstić information content (AvgIpc) is 2.81. The first-order valence-corrected chi connectivity index (χ1v) is 12.9. The zero-order valence-electron chi connectivity index (χ0n) is 20.2. The van der Waals surface area contributed by atoms with Gasteiger partial charge in [-0.15, -0.1) is 0 Å². The van der Waals surface area contributed by atoms with Crippen LogP contribution in [0, 0.1) is 27.7 Å². The molecule has 4 rings (SSSR count). The van der Waals surface area contributed by atoms with Gasteiger partial charge in [0, 0.05) is 16.3 Å². The summed E-state index contributed by atoms with van der Waals surface area (Å²) in [5, 5.41) is 0.321. The summed E-state index contributed by atoms with van der Waals surface area (Å²) in [5.74, 6) is -0.369. The summed E-state index contributed by atoms with van der Waals surface area (Å²) < 4.78 is 33.9. The molecule has 0 radical (unpaired) electrons. The van der Waals surface area contributed by atoms with Gasteiger partial charge in [0.25, 0.3) is 15.9 Å². The van der Waals surface area contributed by atoms with Crippen molar-refractivity contribution in [1.29, 1.82) is 0 Å². The molecule has 0 spiro atoms. The molecule has 4 aromatic rings. The Morgan fingerprint density at radius 2 is 1.56 bits per heavy atom. The fourth-order valence-corrected chi connectivity index (χ4v) is 4.90. The summed E-state index contributed by atoms with van der Waals surface area (Å²) in [7, 11) is -4.22. The number of nitrogens with one attached hydrogen (secondary N) is 1. The molecule has 0 aliphatic heterocycles. The lowest BCUT2D eigenvalue weighted by molar-refractivity contribution is 0.0978. The zero-order valence-corrected chi connectivity index (χ0v) is 21.7. The number of pyridine rings is 2. The predicted octanol–water partition coefficient (Wildman–Crippen LogP) is 5.94. The van der Waals surface area contributed by atoms with Gasteiger partial charge in [0.2, 0.25) is 5.88 Å². The number of ether oxygens (including phenoxy) is 1. The number of aryl methyl sites for hydroxylation is 4. The van der Waals surface area contributed by atoms with E-state index in [0.29, 0.717) is 22.2 Å². The third-order valence-electron chi connectivity index (χ3n) is 5.41. The van der Waals surface area contributed by atoms with E-state index >= 15 is 0 Å². The van der Waals surface area contributed by atoms with Gasteiger partial charge < -0.3 is 4.74 Å². The second-order valence-corrected chi connectivity index (χ2v) is 10.5. The quantitative estimate of drug-likeness (QED) is 0.337. The summed E-state index contributed by atoms with van der Waals surface area (Å²) >= 11 is 6.01. The Bertz CT molecular complexity index is 1550. The van der Waals surface area contributed by atoms with Gasteiger partial charge in [0.05, 0.1) is 5.69 Å². The summed E-state index contributed by atoms with van der Waals surface area (Å²) in [6.07, 6.45) is 0. The van der Waals surface area contributed by atoms with Gasteiger partial charge in [-0.2, -0.15) is 8.42 Å². The van der Waals surface area contributed by atoms with E-state index in [1.807, 2.05) is 32.9 Å². The summed E-state index contributed by atoms with van der Waals surface area (Å²) in [6.45, 7) is 7.43. The molecule has 184 valence electrons. The number of sulfonamides is 1. The molecule has 7 nitrogen and oxygen atoms in total. The smallest absolute Gasteiger partial charge is 0.281 e. The molecular weight excluding hydrogens is 498 g/mol. The highest BCUT2D eigenvalue weighted by atomic mass is 35.5. The molecule has 1 amide bonds. The van der Waals surface area contributed by atoms with Gasteiger partial charge in [0.15, 0.2) is 5.03 Å². The number of nitrogens with zero attached hydrogens (tertiary/aromatic N) is 2. The monoisotopic (exact) mass is 521 g/mol. The second-order valence-electron chi connectivity index (χ2n) is 8.44. The van der Waals surface area contributed by atoms with E-state index in [1.165, 1.54) is 12.1 Å². The normalized spacial score (nSPS) is 11.2. The van der Waals surface area contributed by atoms with Crippen molar-refractivity contribution in [1.82, 2.24) is 14.7 Å². The van der Waals surface area contributed by atoms with Crippen LogP contribution in [0.15, 0.2) is 71.8 Å². The first-order chi connectivity index (χ1) is 17.0. The van der Waals surface area contributed by atoms with Crippen LogP contribution in [0.4, 0.5) is 0 Å². The molecule has 0 fully saturated rings. The Morgan fingerprint density at radius 1 is 0.889 bits per heavy atom. The minimum atomic E-state index is -4.22. The van der Waals surface area contributed by atoms with E-state index in [4.69, 9.17) is 16.3 Å². The molecule has 0 bridgehead atoms. The van der Waals surface area contributed by atoms with E-state index < -0.39 is 15.9 Å². The lowest BCUT2D eigenvalue weighted by atomic mass is 10.1. The van der Waals surface area contributed by atoms with Crippen molar-refractivity contribution in [2.24, 2.45) is 0 Å². The SMILES string of the molecule is Cc1cc(C)c(Oc2nc(-c3ccc(Cl)cc3)ccc2C(=O)NS(=O)(=O)c2cccc(C)n2)c(C)c1. The number of carbonyl (C=O) groups is 1. The summed E-state index contributed by atoms with van der Waals surface area (Å²) in [5.41, 5.74) is 4.53. The van der Waals surface area contributed by atoms with Crippen molar-refractivity contribution in [3.63, 3.8) is 0 Å². The van der Waals surface area contributed by atoms with Crippen molar-refractivity contribution < 1.29 is 17.9 Å². The third kappa shape index (κ3) is 5.56. The highest BCUT2D eigenvalue weighted by Crippen LogP contribution is 2.33. The summed E-state index contributed by atoms with van der Waals surface area (Å²) in [4.78, 5) is 21.8. The molecule has 0 saturated heterocycles. The lowest BCUT2D eigenvalue weighted by Crippen LogP contribution is -2.31. The predicted molar refractivity (Wildman–Crippen MR) is 139 cm³/mol. The van der Waals surface area contributed by atoms with E-state index in [1.54, 1.807) is 49.4 Å². The average molecular weight is 522 g/mol. The number of rotatable bonds is 6. The van der Waals surface area contributed by atoms with Crippen LogP contribution in [-0.4, -0.2) is 24.3 Å². The molecule has 0 atom stereocenters. The molecule has 9 heteroatoms. The van der Waals surface area contributed by atoms with Crippen LogP contribution in [0.1, 0.15) is 32.7 Å². The van der Waals surface area contributed by atoms with Crippen molar-refractivity contribution >= 4 is 27.5 Å². The van der Waals surface area contributed by atoms with E-state index in [0.717, 1.165) is 22.3 Å². The highest BCUT2D eigenvalue weighted by Gasteiger charge is 2.24. The maximum Gasteiger partial charge on any atom is 0.281 e. The molecule has 2 aromatic heterocycles. The van der Waals surface area contributed by atoms with Gasteiger partial charge in [-0.05, 0) is 75.2 Å². The van der Waals surface area contributed by atoms with Crippen LogP contribution in [0.3, 0.4) is 0 Å². The van der Waals surface area contributed by atoms with Crippen LogP contribution in [0.5, 0.6) is 11.6 Å². The summed E-state index contributed by atoms with van der Waals surface area (Å²) in [6, 6.07) is 18.6. The number of hydrogen-bond donors (Lipinski definition) is 1. The number of carbonyl (C=O) groups excluding carboxylic acids is 1. The van der Waals surface area contributed by atoms with Crippen molar-refractivity contribution in [3.05, 3.63) is 99.7 Å². The minimum absolute atomic E-state index is 0.0256. The number of benzene rings is 2. The molecule has 36 heavy (non-hydrogen) atoms. The molecular formula is C27H24ClN3O4S. The molecule has 2 heterocycles. The topological polar surface area (TPSA) is 98.2 Å². The highest BCUT2D eigenvalue weighted by molar-refractivity contribution is 7.90. The van der Waals surface area contributed by atoms with E-state index in [2.05, 4.69) is 14.7 Å². The van der Waals surface area contributed by atoms with Crippen molar-refractivity contribution in [2.45, 2.75) is 32.7 Å². The third-order valence-corrected chi connectivity index (χ3v) is 6.90. The molecule has 0 aliphatic rings. The Balaban J connectivity index is 1.77. The standard InChI is InChI=1S/C27H24ClN3O4S/c1-16-14-17(2)25(18(3)15-16)35-27-22(12-13-23(30-27)20-8-10-21(28)11-9-20)26(32)31-36(33,34)24-7-5-6-19(4)29-24/h5-15H,1-4H3,(H,31,32). The largest absolute Gasteiger partial charge is 0.438 e. The van der Waals surface area contributed by atoms with E-state index in [-0.39, 0.29) is 16.5 Å². The first kappa shape index (κ1) is 25.3. The van der Waals surface area contributed by atoms with Crippen molar-refractivity contribution in [2.75, 3.05) is 0 Å². The van der Waals surface area contributed by atoms with Crippen LogP contribution >= 0.6 is 11.6 Å². The van der Waals surface area contributed by atoms with Crippen LogP contribution in [0.2, 0.25) is 5.02 Å². The Kier molecular flexibility index (Phi) is 7.10. The minimum Gasteiger partial charge on any atom is -0.438 e. The van der Waals surface area contributed by atoms with Gasteiger partial charge in [0.1, 0.15) is 11.3 Å². The first-order valence-electron chi connectivity index (χ1n) is 11.1. The molecule has 1 N–H and O–H groups in total. The lowest BCUT2D eigenvalue weighted by Gasteiger charge is -2.16. The van der Waals surface area contributed by atoms with Gasteiger partial charge in [-0.3, -0.25) is 4.79 Å². The maximum absolute atomic E-state index is 13.2. The molecule has 0 unspecified atom stereocenters. The van der Waals surface area contributed by atoms with E-state index in [9.17, 15) is 13.2 Å². The fraction of sp³-hybridized carbons (Fsp3) is 0.148. The van der Waals surface area contributed by atoms with Gasteiger partial charge in [-0.1, -0.05) is 47.5 Å². The molecule has 0 aliphatic carbocycles.